The van der Waals surface area contributed by atoms with Crippen LogP contribution in [0, 0.1) is 12.7 Å². The van der Waals surface area contributed by atoms with Gasteiger partial charge in [0, 0.05) is 18.1 Å². The van der Waals surface area contributed by atoms with Gasteiger partial charge in [0.15, 0.2) is 0 Å². The van der Waals surface area contributed by atoms with Gasteiger partial charge >= 0.3 is 5.69 Å². The lowest BCUT2D eigenvalue weighted by atomic mass is 9.90. The number of aromatic nitrogens is 3. The fourth-order valence-electron chi connectivity index (χ4n) is 5.37. The van der Waals surface area contributed by atoms with Crippen LogP contribution < -0.4 is 16.6 Å². The van der Waals surface area contributed by atoms with E-state index in [9.17, 15) is 23.9 Å². The van der Waals surface area contributed by atoms with Crippen molar-refractivity contribution in [2.75, 3.05) is 11.5 Å². The molecule has 2 aliphatic rings. The third kappa shape index (κ3) is 4.66. The molecule has 36 heavy (non-hydrogen) atoms. The zero-order valence-corrected chi connectivity index (χ0v) is 20.9. The summed E-state index contributed by atoms with van der Waals surface area (Å²) >= 11 is 1.83. The van der Waals surface area contributed by atoms with Crippen LogP contribution in [-0.4, -0.2) is 42.7 Å². The summed E-state index contributed by atoms with van der Waals surface area (Å²) < 4.78 is 17.0. The lowest BCUT2D eigenvalue weighted by Crippen LogP contribution is -2.46. The van der Waals surface area contributed by atoms with E-state index in [1.54, 1.807) is 22.8 Å². The van der Waals surface area contributed by atoms with Gasteiger partial charge in [-0.25, -0.2) is 14.2 Å². The van der Waals surface area contributed by atoms with Gasteiger partial charge in [-0.15, -0.1) is 0 Å². The molecule has 1 aliphatic heterocycles. The summed E-state index contributed by atoms with van der Waals surface area (Å²) in [6, 6.07) is 5.53. The molecule has 0 bridgehead atoms. The Bertz CT molecular complexity index is 1420. The van der Waals surface area contributed by atoms with Gasteiger partial charge in [-0.05, 0) is 80.7 Å². The van der Waals surface area contributed by atoms with Crippen molar-refractivity contribution in [3.05, 3.63) is 68.2 Å². The molecule has 1 aromatic carbocycles. The molecule has 1 saturated carbocycles. The van der Waals surface area contributed by atoms with Crippen LogP contribution in [0.4, 0.5) is 4.39 Å². The number of carbonyl (C=O) groups is 1. The third-order valence-electron chi connectivity index (χ3n) is 7.27. The molecule has 3 heterocycles. The van der Waals surface area contributed by atoms with Crippen molar-refractivity contribution in [3.63, 3.8) is 0 Å². The Morgan fingerprint density at radius 3 is 2.44 bits per heavy atom. The summed E-state index contributed by atoms with van der Waals surface area (Å²) in [5, 5.41) is 13.2. The molecule has 1 aliphatic carbocycles. The highest BCUT2D eigenvalue weighted by Gasteiger charge is 2.30. The van der Waals surface area contributed by atoms with Crippen molar-refractivity contribution in [2.24, 2.45) is 0 Å². The minimum Gasteiger partial charge on any atom is -0.507 e. The van der Waals surface area contributed by atoms with Gasteiger partial charge in [-0.3, -0.25) is 18.7 Å². The normalized spacial score (nSPS) is 20.9. The zero-order chi connectivity index (χ0) is 25.4. The minimum absolute atomic E-state index is 0.0635. The molecule has 3 aromatic rings. The second kappa shape index (κ2) is 10.1. The first-order chi connectivity index (χ1) is 17.3. The van der Waals surface area contributed by atoms with E-state index in [1.807, 2.05) is 18.7 Å². The Balaban J connectivity index is 1.41. The van der Waals surface area contributed by atoms with Crippen molar-refractivity contribution in [3.8, 4) is 5.75 Å². The third-order valence-corrected chi connectivity index (χ3v) is 8.32. The van der Waals surface area contributed by atoms with Gasteiger partial charge in [0.25, 0.3) is 11.5 Å². The van der Waals surface area contributed by atoms with Crippen LogP contribution in [-0.2, 0) is 0 Å². The summed E-state index contributed by atoms with van der Waals surface area (Å²) in [7, 11) is 0. The summed E-state index contributed by atoms with van der Waals surface area (Å²) in [5.41, 5.74) is 0.425. The number of thioether (sulfide) groups is 1. The van der Waals surface area contributed by atoms with E-state index in [0.717, 1.165) is 36.1 Å². The van der Waals surface area contributed by atoms with Crippen LogP contribution in [0.2, 0.25) is 0 Å². The number of pyridine rings is 1. The molecule has 1 saturated heterocycles. The Hall–Kier alpha value is -3.14. The maximum absolute atomic E-state index is 14.1. The van der Waals surface area contributed by atoms with Crippen LogP contribution in [0.3, 0.4) is 0 Å². The van der Waals surface area contributed by atoms with Gasteiger partial charge in [0.2, 0.25) is 0 Å². The van der Waals surface area contributed by atoms with Crippen LogP contribution in [0.5, 0.6) is 5.75 Å². The number of fused-ring (bicyclic) bond motifs is 1. The molecule has 5 rings (SSSR count). The maximum atomic E-state index is 14.1. The first kappa shape index (κ1) is 24.5. The minimum atomic E-state index is -0.610. The van der Waals surface area contributed by atoms with Gasteiger partial charge < -0.3 is 10.4 Å². The number of aryl methyl sites for hydroxylation is 1. The highest BCUT2D eigenvalue weighted by molar-refractivity contribution is 7.99. The second-order valence-corrected chi connectivity index (χ2v) is 10.9. The van der Waals surface area contributed by atoms with Crippen LogP contribution >= 0.6 is 11.8 Å². The van der Waals surface area contributed by atoms with Gasteiger partial charge in [-0.1, -0.05) is 6.07 Å². The highest BCUT2D eigenvalue weighted by Crippen LogP contribution is 2.30. The molecule has 10 heteroatoms. The van der Waals surface area contributed by atoms with E-state index in [4.69, 9.17) is 0 Å². The number of amides is 1. The molecule has 0 atom stereocenters. The van der Waals surface area contributed by atoms with Gasteiger partial charge in [0.05, 0.1) is 17.1 Å². The fourth-order valence-corrected chi connectivity index (χ4v) is 6.46. The number of phenolic OH excluding ortho intramolecular Hbond substituents is 1. The van der Waals surface area contributed by atoms with Crippen molar-refractivity contribution in [2.45, 2.75) is 63.6 Å². The highest BCUT2D eigenvalue weighted by atomic mass is 32.2. The standard InChI is InChI=1S/C26H29FN4O4S/c1-15-2-7-20(22(32)12-15)24(33)29-17-3-5-18(6-4-17)31-25(34)21-13-16(27)14-28-23(21)30(26(31)35)19-8-10-36-11-9-19/h2,7,12-14,17-19,32H,3-6,8-11H2,1H3,(H,29,33)/t17-,18+. The number of rotatable bonds is 4. The number of hydrogen-bond acceptors (Lipinski definition) is 6. The molecule has 2 aromatic heterocycles. The largest absolute Gasteiger partial charge is 0.507 e. The number of nitrogens with zero attached hydrogens (tertiary/aromatic N) is 3. The smallest absolute Gasteiger partial charge is 0.333 e. The zero-order valence-electron chi connectivity index (χ0n) is 20.1. The van der Waals surface area contributed by atoms with Crippen molar-refractivity contribution < 1.29 is 14.3 Å². The predicted octanol–water partition coefficient (Wildman–Crippen LogP) is 3.69. The lowest BCUT2D eigenvalue weighted by Gasteiger charge is -2.31. The summed E-state index contributed by atoms with van der Waals surface area (Å²) in [6.07, 6.45) is 4.84. The second-order valence-electron chi connectivity index (χ2n) is 9.70. The van der Waals surface area contributed by atoms with Crippen molar-refractivity contribution in [1.29, 1.82) is 0 Å². The van der Waals surface area contributed by atoms with Crippen LogP contribution in [0.25, 0.3) is 11.0 Å². The Morgan fingerprint density at radius 2 is 1.75 bits per heavy atom. The Morgan fingerprint density at radius 1 is 1.06 bits per heavy atom. The topological polar surface area (TPSA) is 106 Å². The number of benzene rings is 1. The summed E-state index contributed by atoms with van der Waals surface area (Å²) in [5.74, 6) is 0.811. The molecule has 0 spiro atoms. The SMILES string of the molecule is Cc1ccc(C(=O)N[C@H]2CC[C@@H](n3c(=O)c4cc(F)cnc4n(C4CCSCC4)c3=O)CC2)c(O)c1. The first-order valence-corrected chi connectivity index (χ1v) is 13.5. The van der Waals surface area contributed by atoms with E-state index >= 15 is 0 Å². The van der Waals surface area contributed by atoms with E-state index < -0.39 is 11.4 Å². The maximum Gasteiger partial charge on any atom is 0.333 e. The van der Waals surface area contributed by atoms with E-state index in [0.29, 0.717) is 25.7 Å². The quantitative estimate of drug-likeness (QED) is 0.552. The molecular formula is C26H29FN4O4S. The molecule has 2 N–H and O–H groups in total. The molecule has 0 radical (unpaired) electrons. The molecule has 0 unspecified atom stereocenters. The monoisotopic (exact) mass is 512 g/mol. The summed E-state index contributed by atoms with van der Waals surface area (Å²) in [4.78, 5) is 43.9. The van der Waals surface area contributed by atoms with Crippen molar-refractivity contribution >= 4 is 28.7 Å². The van der Waals surface area contributed by atoms with Crippen LogP contribution in [0.15, 0.2) is 40.1 Å². The lowest BCUT2D eigenvalue weighted by molar-refractivity contribution is 0.0919. The predicted molar refractivity (Wildman–Crippen MR) is 137 cm³/mol. The van der Waals surface area contributed by atoms with E-state index in [-0.39, 0.29) is 52.1 Å². The van der Waals surface area contributed by atoms with Crippen molar-refractivity contribution in [1.82, 2.24) is 19.4 Å². The number of nitrogens with one attached hydrogen (secondary N) is 1. The Kier molecular flexibility index (Phi) is 6.87. The Labute approximate surface area is 211 Å². The number of phenols is 1. The van der Waals surface area contributed by atoms with E-state index in [2.05, 4.69) is 10.3 Å². The van der Waals surface area contributed by atoms with Gasteiger partial charge in [0.1, 0.15) is 17.2 Å². The number of carbonyl (C=O) groups excluding carboxylic acids is 1. The fraction of sp³-hybridized carbons (Fsp3) is 0.462. The van der Waals surface area contributed by atoms with Gasteiger partial charge in [-0.2, -0.15) is 11.8 Å². The molecule has 8 nitrogen and oxygen atoms in total. The van der Waals surface area contributed by atoms with E-state index in [1.165, 1.54) is 10.6 Å². The molecule has 2 fully saturated rings. The first-order valence-electron chi connectivity index (χ1n) is 12.3. The number of hydrogen-bond donors (Lipinski definition) is 2. The molecule has 190 valence electrons. The van der Waals surface area contributed by atoms with Crippen LogP contribution in [0.1, 0.15) is 66.5 Å². The molecular weight excluding hydrogens is 483 g/mol. The molecule has 1 amide bonds. The summed E-state index contributed by atoms with van der Waals surface area (Å²) in [6.45, 7) is 1.84. The number of aromatic hydroxyl groups is 1. The number of halogens is 1. The average molecular weight is 513 g/mol. The average Bonchev–Trinajstić information content (AvgIpc) is 2.86.